The van der Waals surface area contributed by atoms with Crippen molar-refractivity contribution in [2.75, 3.05) is 11.4 Å². The largest absolute Gasteiger partial charge is 0.266 e. The summed E-state index contributed by atoms with van der Waals surface area (Å²) in [7, 11) is -2.83. The monoisotopic (exact) mass is 334 g/mol. The maximum atomic E-state index is 13.9. The van der Waals surface area contributed by atoms with Gasteiger partial charge in [-0.15, -0.1) is 0 Å². The molecule has 1 aromatic heterocycles. The molecule has 3 rings (SSSR count). The van der Waals surface area contributed by atoms with E-state index in [4.69, 9.17) is 0 Å². The van der Waals surface area contributed by atoms with Gasteiger partial charge < -0.3 is 0 Å². The lowest BCUT2D eigenvalue weighted by Crippen LogP contribution is -2.27. The Bertz CT molecular complexity index is 985. The molecule has 0 saturated carbocycles. The Morgan fingerprint density at radius 1 is 1.04 bits per heavy atom. The first kappa shape index (κ1) is 15.4. The highest BCUT2D eigenvalue weighted by atomic mass is 32.2. The normalized spacial score (nSPS) is 11.6. The molecule has 0 bridgehead atoms. The van der Waals surface area contributed by atoms with Crippen LogP contribution in [0.4, 0.5) is 14.5 Å². The van der Waals surface area contributed by atoms with Crippen LogP contribution in [0.1, 0.15) is 0 Å². The predicted octanol–water partition coefficient (Wildman–Crippen LogP) is 3.34. The number of pyridine rings is 1. The zero-order valence-electron chi connectivity index (χ0n) is 12.1. The maximum Gasteiger partial charge on any atom is 0.266 e. The molecular weight excluding hydrogens is 322 g/mol. The minimum Gasteiger partial charge on any atom is -0.266 e. The topological polar surface area (TPSA) is 50.3 Å². The number of hydrogen-bond donors (Lipinski definition) is 0. The smallest absolute Gasteiger partial charge is 0.266 e. The standard InChI is InChI=1S/C16H12F2N2O2S/c1-20(14-8-7-12(17)10-13(14)18)23(21,22)15-6-2-4-11-5-3-9-19-16(11)15/h2-10H,1H3. The second kappa shape index (κ2) is 5.58. The summed E-state index contributed by atoms with van der Waals surface area (Å²) in [6.45, 7) is 0. The summed E-state index contributed by atoms with van der Waals surface area (Å²) in [5.41, 5.74) is 0.0590. The third-order valence-electron chi connectivity index (χ3n) is 3.48. The van der Waals surface area contributed by atoms with Gasteiger partial charge in [0.25, 0.3) is 10.0 Å². The summed E-state index contributed by atoms with van der Waals surface area (Å²) < 4.78 is 53.3. The number of halogens is 2. The molecule has 0 fully saturated rings. The zero-order chi connectivity index (χ0) is 16.6. The number of fused-ring (bicyclic) bond motifs is 1. The van der Waals surface area contributed by atoms with Crippen molar-refractivity contribution in [3.63, 3.8) is 0 Å². The number of rotatable bonds is 3. The molecule has 0 aliphatic rings. The Morgan fingerprint density at radius 2 is 1.78 bits per heavy atom. The van der Waals surface area contributed by atoms with E-state index >= 15 is 0 Å². The Hall–Kier alpha value is -2.54. The Balaban J connectivity index is 2.17. The minimum absolute atomic E-state index is 0.0400. The number of sulfonamides is 1. The summed E-state index contributed by atoms with van der Waals surface area (Å²) in [4.78, 5) is 4.06. The first-order valence-electron chi connectivity index (χ1n) is 6.69. The molecule has 0 aliphatic heterocycles. The third kappa shape index (κ3) is 2.63. The molecule has 0 amide bonds. The highest BCUT2D eigenvalue weighted by Gasteiger charge is 2.26. The maximum absolute atomic E-state index is 13.9. The summed E-state index contributed by atoms with van der Waals surface area (Å²) in [6.07, 6.45) is 1.49. The van der Waals surface area contributed by atoms with Gasteiger partial charge in [0, 0.05) is 24.7 Å². The van der Waals surface area contributed by atoms with Crippen LogP contribution < -0.4 is 4.31 Å². The van der Waals surface area contributed by atoms with E-state index in [0.29, 0.717) is 17.0 Å². The van der Waals surface area contributed by atoms with Crippen LogP contribution >= 0.6 is 0 Å². The Kier molecular flexibility index (Phi) is 3.73. The van der Waals surface area contributed by atoms with E-state index in [0.717, 1.165) is 16.4 Å². The highest BCUT2D eigenvalue weighted by molar-refractivity contribution is 7.93. The van der Waals surface area contributed by atoms with E-state index in [1.165, 1.54) is 19.3 Å². The molecule has 0 saturated heterocycles. The van der Waals surface area contributed by atoms with Crippen LogP contribution in [0.2, 0.25) is 0 Å². The van der Waals surface area contributed by atoms with Crippen molar-refractivity contribution in [3.05, 3.63) is 66.4 Å². The van der Waals surface area contributed by atoms with E-state index in [2.05, 4.69) is 4.98 Å². The lowest BCUT2D eigenvalue weighted by Gasteiger charge is -2.20. The van der Waals surface area contributed by atoms with Crippen LogP contribution in [0.5, 0.6) is 0 Å². The lowest BCUT2D eigenvalue weighted by molar-refractivity contribution is 0.577. The van der Waals surface area contributed by atoms with E-state index in [1.54, 1.807) is 24.3 Å². The van der Waals surface area contributed by atoms with Crippen molar-refractivity contribution < 1.29 is 17.2 Å². The molecule has 7 heteroatoms. The molecule has 0 spiro atoms. The van der Waals surface area contributed by atoms with Crippen LogP contribution in [0, 0.1) is 11.6 Å². The molecule has 0 unspecified atom stereocenters. The van der Waals surface area contributed by atoms with Crippen molar-refractivity contribution >= 4 is 26.6 Å². The minimum atomic E-state index is -4.05. The van der Waals surface area contributed by atoms with E-state index in [1.807, 2.05) is 0 Å². The van der Waals surface area contributed by atoms with E-state index < -0.39 is 21.7 Å². The second-order valence-electron chi connectivity index (χ2n) is 4.90. The molecule has 0 N–H and O–H groups in total. The fourth-order valence-corrected chi connectivity index (χ4v) is 3.67. The second-order valence-corrected chi connectivity index (χ2v) is 6.84. The third-order valence-corrected chi connectivity index (χ3v) is 5.29. The summed E-state index contributed by atoms with van der Waals surface area (Å²) in [5.74, 6) is -1.73. The van der Waals surface area contributed by atoms with Crippen molar-refractivity contribution in [3.8, 4) is 0 Å². The van der Waals surface area contributed by atoms with Crippen LogP contribution in [0.25, 0.3) is 10.9 Å². The number of aromatic nitrogens is 1. The van der Waals surface area contributed by atoms with Crippen molar-refractivity contribution in [1.82, 2.24) is 4.98 Å². The predicted molar refractivity (Wildman–Crippen MR) is 83.7 cm³/mol. The first-order chi connectivity index (χ1) is 10.9. The quantitative estimate of drug-likeness (QED) is 0.738. The molecule has 0 radical (unpaired) electrons. The average molecular weight is 334 g/mol. The molecule has 2 aromatic carbocycles. The highest BCUT2D eigenvalue weighted by Crippen LogP contribution is 2.28. The molecule has 4 nitrogen and oxygen atoms in total. The molecule has 0 atom stereocenters. The first-order valence-corrected chi connectivity index (χ1v) is 8.13. The molecule has 3 aromatic rings. The molecule has 0 aliphatic carbocycles. The van der Waals surface area contributed by atoms with Gasteiger partial charge >= 0.3 is 0 Å². The lowest BCUT2D eigenvalue weighted by atomic mass is 10.2. The van der Waals surface area contributed by atoms with Gasteiger partial charge in [-0.3, -0.25) is 9.29 Å². The van der Waals surface area contributed by atoms with Gasteiger partial charge in [-0.05, 0) is 24.3 Å². The van der Waals surface area contributed by atoms with Crippen molar-refractivity contribution in [1.29, 1.82) is 0 Å². The molecule has 118 valence electrons. The van der Waals surface area contributed by atoms with Gasteiger partial charge in [0.2, 0.25) is 0 Å². The average Bonchev–Trinajstić information content (AvgIpc) is 2.53. The fraction of sp³-hybridized carbons (Fsp3) is 0.0625. The summed E-state index contributed by atoms with van der Waals surface area (Å²) >= 11 is 0. The van der Waals surface area contributed by atoms with Crippen molar-refractivity contribution in [2.24, 2.45) is 0 Å². The van der Waals surface area contributed by atoms with Gasteiger partial charge in [-0.25, -0.2) is 17.2 Å². The van der Waals surface area contributed by atoms with Crippen LogP contribution in [-0.2, 0) is 10.0 Å². The number of anilines is 1. The molecule has 1 heterocycles. The molecular formula is C16H12F2N2O2S. The fourth-order valence-electron chi connectivity index (χ4n) is 2.30. The van der Waals surface area contributed by atoms with E-state index in [-0.39, 0.29) is 10.6 Å². The van der Waals surface area contributed by atoms with E-state index in [9.17, 15) is 17.2 Å². The molecule has 23 heavy (non-hydrogen) atoms. The van der Waals surface area contributed by atoms with Crippen LogP contribution in [0.3, 0.4) is 0 Å². The van der Waals surface area contributed by atoms with Crippen LogP contribution in [-0.4, -0.2) is 20.4 Å². The SMILES string of the molecule is CN(c1ccc(F)cc1F)S(=O)(=O)c1cccc2cccnc12. The summed E-state index contributed by atoms with van der Waals surface area (Å²) in [5, 5.41) is 0.654. The zero-order valence-corrected chi connectivity index (χ0v) is 12.9. The number of para-hydroxylation sites is 1. The Labute approximate surface area is 132 Å². The number of benzene rings is 2. The number of hydrogen-bond acceptors (Lipinski definition) is 3. The van der Waals surface area contributed by atoms with Gasteiger partial charge in [0.05, 0.1) is 11.2 Å². The van der Waals surface area contributed by atoms with Gasteiger partial charge in [0.15, 0.2) is 0 Å². The van der Waals surface area contributed by atoms with Gasteiger partial charge in [-0.2, -0.15) is 0 Å². The van der Waals surface area contributed by atoms with Crippen molar-refractivity contribution in [2.45, 2.75) is 4.90 Å². The van der Waals surface area contributed by atoms with Gasteiger partial charge in [-0.1, -0.05) is 18.2 Å². The van der Waals surface area contributed by atoms with Gasteiger partial charge in [0.1, 0.15) is 16.5 Å². The van der Waals surface area contributed by atoms with Crippen LogP contribution in [0.15, 0.2) is 59.6 Å². The number of nitrogens with zero attached hydrogens (tertiary/aromatic N) is 2. The Morgan fingerprint density at radius 3 is 2.52 bits per heavy atom. The summed E-state index contributed by atoms with van der Waals surface area (Å²) in [6, 6.07) is 10.9.